The van der Waals surface area contributed by atoms with Gasteiger partial charge in [0.05, 0.1) is 13.1 Å². The van der Waals surface area contributed by atoms with Crippen molar-refractivity contribution in [3.8, 4) is 11.5 Å². The Bertz CT molecular complexity index is 1100. The Kier molecular flexibility index (Phi) is 7.85. The summed E-state index contributed by atoms with van der Waals surface area (Å²) in [4.78, 5) is 31.1. The van der Waals surface area contributed by atoms with Gasteiger partial charge in [-0.3, -0.25) is 9.59 Å². The van der Waals surface area contributed by atoms with E-state index in [1.807, 2.05) is 84.8 Å². The lowest BCUT2D eigenvalue weighted by Gasteiger charge is -2.30. The van der Waals surface area contributed by atoms with Crippen molar-refractivity contribution < 1.29 is 19.1 Å². The standard InChI is InChI=1S/C27H30N2O4S/c1-20(2)29(26(30)13-11-21-7-4-3-5-8-21)18-27(31)28(17-23-9-6-14-34-23)16-22-10-12-24-25(15-22)33-19-32-24/h3-10,12,14-15,20H,11,13,16-19H2,1-2H3. The number of fused-ring (bicyclic) bond motifs is 1. The summed E-state index contributed by atoms with van der Waals surface area (Å²) in [6, 6.07) is 19.6. The van der Waals surface area contributed by atoms with Gasteiger partial charge in [0.2, 0.25) is 18.6 Å². The molecule has 0 spiro atoms. The lowest BCUT2D eigenvalue weighted by Crippen LogP contribution is -2.45. The number of nitrogens with zero attached hydrogens (tertiary/aromatic N) is 2. The van der Waals surface area contributed by atoms with Crippen molar-refractivity contribution in [3.63, 3.8) is 0 Å². The zero-order valence-electron chi connectivity index (χ0n) is 19.6. The highest BCUT2D eigenvalue weighted by molar-refractivity contribution is 7.09. The smallest absolute Gasteiger partial charge is 0.242 e. The van der Waals surface area contributed by atoms with Crippen LogP contribution in [0.5, 0.6) is 11.5 Å². The molecule has 1 aliphatic heterocycles. The molecule has 0 N–H and O–H groups in total. The number of rotatable bonds is 10. The molecule has 2 amide bonds. The maximum atomic E-state index is 13.5. The van der Waals surface area contributed by atoms with Gasteiger partial charge in [-0.05, 0) is 55.0 Å². The Morgan fingerprint density at radius 3 is 2.44 bits per heavy atom. The molecule has 1 aliphatic rings. The van der Waals surface area contributed by atoms with Crippen molar-refractivity contribution in [2.45, 2.75) is 45.8 Å². The maximum absolute atomic E-state index is 13.5. The minimum atomic E-state index is -0.0761. The molecule has 34 heavy (non-hydrogen) atoms. The molecule has 178 valence electrons. The second-order valence-electron chi connectivity index (χ2n) is 8.62. The molecular formula is C27H30N2O4S. The molecule has 0 radical (unpaired) electrons. The molecule has 3 aromatic rings. The van der Waals surface area contributed by atoms with Crippen molar-refractivity contribution in [3.05, 3.63) is 82.0 Å². The van der Waals surface area contributed by atoms with E-state index >= 15 is 0 Å². The van der Waals surface area contributed by atoms with Crippen LogP contribution >= 0.6 is 11.3 Å². The third-order valence-corrected chi connectivity index (χ3v) is 6.67. The van der Waals surface area contributed by atoms with Crippen molar-refractivity contribution in [2.75, 3.05) is 13.3 Å². The fraction of sp³-hybridized carbons (Fsp3) is 0.333. The minimum Gasteiger partial charge on any atom is -0.454 e. The summed E-state index contributed by atoms with van der Waals surface area (Å²) in [5, 5.41) is 2.01. The zero-order valence-corrected chi connectivity index (χ0v) is 20.4. The normalized spacial score (nSPS) is 12.1. The summed E-state index contributed by atoms with van der Waals surface area (Å²) in [7, 11) is 0. The molecule has 0 fully saturated rings. The highest BCUT2D eigenvalue weighted by Crippen LogP contribution is 2.33. The molecule has 0 saturated heterocycles. The number of benzene rings is 2. The molecule has 1 aromatic heterocycles. The van der Waals surface area contributed by atoms with Crippen molar-refractivity contribution >= 4 is 23.2 Å². The number of thiophene rings is 1. The first kappa shape index (κ1) is 23.8. The van der Waals surface area contributed by atoms with Crippen LogP contribution in [0.3, 0.4) is 0 Å². The number of carbonyl (C=O) groups is 2. The van der Waals surface area contributed by atoms with E-state index in [0.29, 0.717) is 31.7 Å². The van der Waals surface area contributed by atoms with Crippen LogP contribution in [0.4, 0.5) is 0 Å². The van der Waals surface area contributed by atoms with Gasteiger partial charge in [-0.25, -0.2) is 0 Å². The average molecular weight is 479 g/mol. The van der Waals surface area contributed by atoms with Crippen LogP contribution in [0.1, 0.15) is 36.3 Å². The van der Waals surface area contributed by atoms with Crippen LogP contribution in [-0.2, 0) is 29.1 Å². The number of hydrogen-bond acceptors (Lipinski definition) is 5. The van der Waals surface area contributed by atoms with E-state index in [4.69, 9.17) is 9.47 Å². The quantitative estimate of drug-likeness (QED) is 0.417. The molecule has 0 atom stereocenters. The SMILES string of the molecule is CC(C)N(CC(=O)N(Cc1ccc2c(c1)OCO2)Cc1cccs1)C(=O)CCc1ccccc1. The third kappa shape index (κ3) is 6.17. The van der Waals surface area contributed by atoms with Crippen LogP contribution in [0, 0.1) is 0 Å². The second kappa shape index (κ2) is 11.2. The summed E-state index contributed by atoms with van der Waals surface area (Å²) in [6.45, 7) is 5.10. The van der Waals surface area contributed by atoms with Gasteiger partial charge < -0.3 is 19.3 Å². The lowest BCUT2D eigenvalue weighted by atomic mass is 10.1. The van der Waals surface area contributed by atoms with Gasteiger partial charge in [-0.2, -0.15) is 0 Å². The first-order valence-corrected chi connectivity index (χ1v) is 12.4. The number of carbonyl (C=O) groups excluding carboxylic acids is 2. The van der Waals surface area contributed by atoms with Gasteiger partial charge in [-0.1, -0.05) is 42.5 Å². The van der Waals surface area contributed by atoms with E-state index in [0.717, 1.165) is 21.8 Å². The molecule has 6 nitrogen and oxygen atoms in total. The number of hydrogen-bond donors (Lipinski definition) is 0. The molecule has 2 aromatic carbocycles. The van der Waals surface area contributed by atoms with Crippen LogP contribution in [0.15, 0.2) is 66.0 Å². The van der Waals surface area contributed by atoms with Crippen LogP contribution < -0.4 is 9.47 Å². The first-order valence-electron chi connectivity index (χ1n) is 11.5. The van der Waals surface area contributed by atoms with E-state index < -0.39 is 0 Å². The molecule has 4 rings (SSSR count). The van der Waals surface area contributed by atoms with E-state index in [1.54, 1.807) is 16.2 Å². The fourth-order valence-corrected chi connectivity index (χ4v) is 4.65. The van der Waals surface area contributed by atoms with E-state index in [9.17, 15) is 9.59 Å². The van der Waals surface area contributed by atoms with E-state index in [-0.39, 0.29) is 31.2 Å². The molecule has 7 heteroatoms. The minimum absolute atomic E-state index is 0.00800. The summed E-state index contributed by atoms with van der Waals surface area (Å²) in [6.07, 6.45) is 1.04. The Hall–Kier alpha value is -3.32. The van der Waals surface area contributed by atoms with Gasteiger partial charge in [-0.15, -0.1) is 11.3 Å². The molecular weight excluding hydrogens is 448 g/mol. The largest absolute Gasteiger partial charge is 0.454 e. The lowest BCUT2D eigenvalue weighted by molar-refractivity contribution is -0.142. The molecule has 0 bridgehead atoms. The zero-order chi connectivity index (χ0) is 23.9. The van der Waals surface area contributed by atoms with Crippen LogP contribution in [-0.4, -0.2) is 41.0 Å². The van der Waals surface area contributed by atoms with E-state index in [1.165, 1.54) is 0 Å². The molecule has 0 aliphatic carbocycles. The van der Waals surface area contributed by atoms with E-state index in [2.05, 4.69) is 0 Å². The Labute approximate surface area is 204 Å². The highest BCUT2D eigenvalue weighted by Gasteiger charge is 2.24. The summed E-state index contributed by atoms with van der Waals surface area (Å²) >= 11 is 1.62. The monoisotopic (exact) mass is 478 g/mol. The number of ether oxygens (including phenoxy) is 2. The van der Waals surface area contributed by atoms with Crippen molar-refractivity contribution in [1.82, 2.24) is 9.80 Å². The van der Waals surface area contributed by atoms with Gasteiger partial charge in [0.15, 0.2) is 11.5 Å². The van der Waals surface area contributed by atoms with Gasteiger partial charge >= 0.3 is 0 Å². The Balaban J connectivity index is 1.45. The van der Waals surface area contributed by atoms with Gasteiger partial charge in [0.25, 0.3) is 0 Å². The fourth-order valence-electron chi connectivity index (χ4n) is 3.93. The van der Waals surface area contributed by atoms with Gasteiger partial charge in [0.1, 0.15) is 0 Å². The average Bonchev–Trinajstić information content (AvgIpc) is 3.52. The summed E-state index contributed by atoms with van der Waals surface area (Å²) in [5.74, 6) is 1.33. The second-order valence-corrected chi connectivity index (χ2v) is 9.65. The number of aryl methyl sites for hydroxylation is 1. The van der Waals surface area contributed by atoms with Crippen molar-refractivity contribution in [2.24, 2.45) is 0 Å². The van der Waals surface area contributed by atoms with Gasteiger partial charge in [0, 0.05) is 23.9 Å². The Morgan fingerprint density at radius 2 is 1.71 bits per heavy atom. The summed E-state index contributed by atoms with van der Waals surface area (Å²) < 4.78 is 10.9. The Morgan fingerprint density at radius 1 is 0.912 bits per heavy atom. The predicted molar refractivity (Wildman–Crippen MR) is 133 cm³/mol. The number of amides is 2. The first-order chi connectivity index (χ1) is 16.5. The summed E-state index contributed by atoms with van der Waals surface area (Å²) in [5.41, 5.74) is 2.08. The predicted octanol–water partition coefficient (Wildman–Crippen LogP) is 4.88. The van der Waals surface area contributed by atoms with Crippen molar-refractivity contribution in [1.29, 1.82) is 0 Å². The van der Waals surface area contributed by atoms with Crippen LogP contribution in [0.25, 0.3) is 0 Å². The molecule has 0 saturated carbocycles. The topological polar surface area (TPSA) is 59.1 Å². The third-order valence-electron chi connectivity index (χ3n) is 5.81. The maximum Gasteiger partial charge on any atom is 0.242 e. The highest BCUT2D eigenvalue weighted by atomic mass is 32.1. The van der Waals surface area contributed by atoms with Crippen LogP contribution in [0.2, 0.25) is 0 Å². The molecule has 2 heterocycles. The molecule has 0 unspecified atom stereocenters.